The van der Waals surface area contributed by atoms with E-state index >= 15 is 0 Å². The molecule has 2 N–H and O–H groups in total. The maximum absolute atomic E-state index is 11.7. The van der Waals surface area contributed by atoms with Crippen molar-refractivity contribution >= 4 is 12.1 Å². The lowest BCUT2D eigenvalue weighted by Crippen LogP contribution is -2.17. The molecule has 0 heterocycles. The van der Waals surface area contributed by atoms with Gasteiger partial charge in [0.2, 0.25) is 0 Å². The zero-order valence-electron chi connectivity index (χ0n) is 10.9. The SMILES string of the molecule is COc1cccc(C=NNC(=O)c2ccc(O)cc2)c1. The average Bonchev–Trinajstić information content (AvgIpc) is 2.48. The zero-order valence-corrected chi connectivity index (χ0v) is 10.9. The summed E-state index contributed by atoms with van der Waals surface area (Å²) in [5.41, 5.74) is 3.65. The molecule has 2 aromatic rings. The second kappa shape index (κ2) is 6.38. The maximum Gasteiger partial charge on any atom is 0.271 e. The van der Waals surface area contributed by atoms with E-state index in [2.05, 4.69) is 10.5 Å². The van der Waals surface area contributed by atoms with E-state index in [0.717, 1.165) is 11.3 Å². The predicted molar refractivity (Wildman–Crippen MR) is 76.2 cm³/mol. The second-order valence-corrected chi connectivity index (χ2v) is 4.02. The van der Waals surface area contributed by atoms with Gasteiger partial charge in [-0.05, 0) is 42.0 Å². The number of rotatable bonds is 4. The van der Waals surface area contributed by atoms with E-state index in [1.54, 1.807) is 13.2 Å². The minimum atomic E-state index is -0.343. The standard InChI is InChI=1S/C15H14N2O3/c1-20-14-4-2-3-11(9-14)10-16-17-15(19)12-5-7-13(18)8-6-12/h2-10,18H,1H3,(H,17,19). The molecule has 102 valence electrons. The lowest BCUT2D eigenvalue weighted by molar-refractivity contribution is 0.0955. The molecule has 5 nitrogen and oxygen atoms in total. The van der Waals surface area contributed by atoms with Gasteiger partial charge >= 0.3 is 0 Å². The van der Waals surface area contributed by atoms with Crippen molar-refractivity contribution in [2.75, 3.05) is 7.11 Å². The molecule has 0 spiro atoms. The monoisotopic (exact) mass is 270 g/mol. The van der Waals surface area contributed by atoms with E-state index in [0.29, 0.717) is 5.56 Å². The Hall–Kier alpha value is -2.82. The van der Waals surface area contributed by atoms with Crippen molar-refractivity contribution in [1.29, 1.82) is 0 Å². The normalized spacial score (nSPS) is 10.4. The van der Waals surface area contributed by atoms with Crippen molar-refractivity contribution in [2.24, 2.45) is 5.10 Å². The van der Waals surface area contributed by atoms with Crippen LogP contribution in [0.3, 0.4) is 0 Å². The van der Waals surface area contributed by atoms with Gasteiger partial charge in [-0.15, -0.1) is 0 Å². The first-order chi connectivity index (χ1) is 9.69. The highest BCUT2D eigenvalue weighted by Gasteiger charge is 2.03. The Labute approximate surface area is 116 Å². The van der Waals surface area contributed by atoms with Crippen molar-refractivity contribution in [3.05, 3.63) is 59.7 Å². The summed E-state index contributed by atoms with van der Waals surface area (Å²) in [6.07, 6.45) is 1.53. The number of nitrogens with zero attached hydrogens (tertiary/aromatic N) is 1. The smallest absolute Gasteiger partial charge is 0.271 e. The summed E-state index contributed by atoms with van der Waals surface area (Å²) in [5.74, 6) is 0.490. The van der Waals surface area contributed by atoms with Crippen LogP contribution >= 0.6 is 0 Å². The molecule has 0 fully saturated rings. The van der Waals surface area contributed by atoms with Gasteiger partial charge in [-0.25, -0.2) is 5.43 Å². The third kappa shape index (κ3) is 3.58. The lowest BCUT2D eigenvalue weighted by atomic mass is 10.2. The molecule has 0 bridgehead atoms. The third-order valence-corrected chi connectivity index (χ3v) is 2.60. The number of aromatic hydroxyl groups is 1. The second-order valence-electron chi connectivity index (χ2n) is 4.02. The van der Waals surface area contributed by atoms with Gasteiger partial charge in [0.15, 0.2) is 0 Å². The number of ether oxygens (including phenoxy) is 1. The largest absolute Gasteiger partial charge is 0.508 e. The number of methoxy groups -OCH3 is 1. The summed E-state index contributed by atoms with van der Waals surface area (Å²) >= 11 is 0. The van der Waals surface area contributed by atoms with Crippen LogP contribution < -0.4 is 10.2 Å². The van der Waals surface area contributed by atoms with Crippen LogP contribution in [0.15, 0.2) is 53.6 Å². The van der Waals surface area contributed by atoms with Crippen molar-refractivity contribution in [1.82, 2.24) is 5.43 Å². The van der Waals surface area contributed by atoms with Crippen molar-refractivity contribution in [3.8, 4) is 11.5 Å². The number of hydrogen-bond donors (Lipinski definition) is 2. The summed E-state index contributed by atoms with van der Waals surface area (Å²) in [5, 5.41) is 13.0. The Morgan fingerprint density at radius 1 is 1.25 bits per heavy atom. The van der Waals surface area contributed by atoms with Crippen LogP contribution in [0.2, 0.25) is 0 Å². The first-order valence-corrected chi connectivity index (χ1v) is 5.95. The number of hydrogen-bond acceptors (Lipinski definition) is 4. The summed E-state index contributed by atoms with van der Waals surface area (Å²) in [6.45, 7) is 0. The Kier molecular flexibility index (Phi) is 4.34. The maximum atomic E-state index is 11.7. The molecule has 0 saturated heterocycles. The number of benzene rings is 2. The van der Waals surface area contributed by atoms with E-state index in [-0.39, 0.29) is 11.7 Å². The quantitative estimate of drug-likeness (QED) is 0.660. The minimum Gasteiger partial charge on any atom is -0.508 e. The van der Waals surface area contributed by atoms with Crippen molar-refractivity contribution in [3.63, 3.8) is 0 Å². The molecule has 0 aliphatic heterocycles. The molecular weight excluding hydrogens is 256 g/mol. The number of nitrogens with one attached hydrogen (secondary N) is 1. The summed E-state index contributed by atoms with van der Waals surface area (Å²) in [4.78, 5) is 11.7. The minimum absolute atomic E-state index is 0.112. The molecule has 0 radical (unpaired) electrons. The molecular formula is C15H14N2O3. The molecule has 5 heteroatoms. The summed E-state index contributed by atoms with van der Waals surface area (Å²) in [6, 6.07) is 13.2. The topological polar surface area (TPSA) is 70.9 Å². The third-order valence-electron chi connectivity index (χ3n) is 2.60. The Morgan fingerprint density at radius 2 is 2.00 bits per heavy atom. The van der Waals surface area contributed by atoms with Gasteiger partial charge in [0.1, 0.15) is 11.5 Å². The highest BCUT2D eigenvalue weighted by molar-refractivity contribution is 5.95. The van der Waals surface area contributed by atoms with Crippen LogP contribution in [0.1, 0.15) is 15.9 Å². The predicted octanol–water partition coefficient (Wildman–Crippen LogP) is 2.16. The average molecular weight is 270 g/mol. The molecule has 2 aromatic carbocycles. The van der Waals surface area contributed by atoms with E-state index in [4.69, 9.17) is 9.84 Å². The van der Waals surface area contributed by atoms with Gasteiger partial charge in [-0.3, -0.25) is 4.79 Å². The van der Waals surface area contributed by atoms with Crippen LogP contribution in [0.25, 0.3) is 0 Å². The van der Waals surface area contributed by atoms with Crippen LogP contribution in [0.5, 0.6) is 11.5 Å². The summed E-state index contributed by atoms with van der Waals surface area (Å²) in [7, 11) is 1.59. The molecule has 0 unspecified atom stereocenters. The van der Waals surface area contributed by atoms with Crippen LogP contribution in [-0.4, -0.2) is 24.3 Å². The van der Waals surface area contributed by atoms with E-state index < -0.39 is 0 Å². The Balaban J connectivity index is 1.98. The number of phenols is 1. The fourth-order valence-electron chi connectivity index (χ4n) is 1.56. The van der Waals surface area contributed by atoms with Gasteiger partial charge < -0.3 is 9.84 Å². The molecule has 0 atom stereocenters. The van der Waals surface area contributed by atoms with Gasteiger partial charge in [0, 0.05) is 5.56 Å². The summed E-state index contributed by atoms with van der Waals surface area (Å²) < 4.78 is 5.09. The van der Waals surface area contributed by atoms with Crippen LogP contribution in [-0.2, 0) is 0 Å². The van der Waals surface area contributed by atoms with Crippen LogP contribution in [0, 0.1) is 0 Å². The first kappa shape index (κ1) is 13.6. The van der Waals surface area contributed by atoms with Crippen LogP contribution in [0.4, 0.5) is 0 Å². The number of hydrazone groups is 1. The highest BCUT2D eigenvalue weighted by Crippen LogP contribution is 2.11. The van der Waals surface area contributed by atoms with Crippen molar-refractivity contribution in [2.45, 2.75) is 0 Å². The van der Waals surface area contributed by atoms with Gasteiger partial charge in [-0.2, -0.15) is 5.10 Å². The molecule has 1 amide bonds. The molecule has 0 aliphatic rings. The molecule has 0 saturated carbocycles. The highest BCUT2D eigenvalue weighted by atomic mass is 16.5. The van der Waals surface area contributed by atoms with Gasteiger partial charge in [-0.1, -0.05) is 12.1 Å². The Bertz CT molecular complexity index is 621. The molecule has 0 aliphatic carbocycles. The van der Waals surface area contributed by atoms with Gasteiger partial charge in [0.25, 0.3) is 5.91 Å². The number of carbonyl (C=O) groups excluding carboxylic acids is 1. The van der Waals surface area contributed by atoms with Crippen molar-refractivity contribution < 1.29 is 14.6 Å². The molecule has 2 rings (SSSR count). The number of phenolic OH excluding ortho intramolecular Hbond substituents is 1. The molecule has 0 aromatic heterocycles. The first-order valence-electron chi connectivity index (χ1n) is 5.95. The van der Waals surface area contributed by atoms with E-state index in [1.165, 1.54) is 30.5 Å². The van der Waals surface area contributed by atoms with E-state index in [1.807, 2.05) is 18.2 Å². The molecule has 20 heavy (non-hydrogen) atoms. The van der Waals surface area contributed by atoms with Gasteiger partial charge in [0.05, 0.1) is 13.3 Å². The lowest BCUT2D eigenvalue weighted by Gasteiger charge is -2.01. The zero-order chi connectivity index (χ0) is 14.4. The number of amides is 1. The Morgan fingerprint density at radius 3 is 2.70 bits per heavy atom. The fraction of sp³-hybridized carbons (Fsp3) is 0.0667. The van der Waals surface area contributed by atoms with E-state index in [9.17, 15) is 4.79 Å². The number of carbonyl (C=O) groups is 1. The fourth-order valence-corrected chi connectivity index (χ4v) is 1.56.